The summed E-state index contributed by atoms with van der Waals surface area (Å²) in [4.78, 5) is 14.7. The zero-order valence-electron chi connectivity index (χ0n) is 38.3. The van der Waals surface area contributed by atoms with Crippen LogP contribution in [0.5, 0.6) is 0 Å². The summed E-state index contributed by atoms with van der Waals surface area (Å²) in [6.07, 6.45) is 17.3. The third-order valence-corrected chi connectivity index (χ3v) is 10.3. The van der Waals surface area contributed by atoms with Crippen molar-refractivity contribution in [1.29, 1.82) is 0 Å². The smallest absolute Gasteiger partial charge is 0.160 e. The van der Waals surface area contributed by atoms with Gasteiger partial charge in [-0.1, -0.05) is 198 Å². The fourth-order valence-corrected chi connectivity index (χ4v) is 6.78. The number of aryl methyl sites for hydroxylation is 1. The molecule has 3 nitrogen and oxygen atoms in total. The standard InChI is InChI=1S/C29H31N.C28H26N2.C2H6/c1-7-13-25(8-2)26(9-3)17-16-22(4)23(5)20-24(6)29-19-18-28(21-30-29)27-14-11-10-12-15-27;1-5-24-26(22-12-7-6-8-13-22)29-28(23-17-15-21(16-18-23)19(2)3)30-27(24)25-14-10-9-11-20(25)4;1-2/h7-21H,4,6H2,1-3,5H3;6-18H,2,5H2,1,3-4H3;1-2H3/b13-7-,17-16-,23-20+,25-8+,26-9+;;. The second kappa shape index (κ2) is 24.3. The lowest BCUT2D eigenvalue weighted by Crippen LogP contribution is -2.03. The monoisotopic (exact) mass is 814 g/mol. The summed E-state index contributed by atoms with van der Waals surface area (Å²) in [6.45, 7) is 30.9. The molecule has 0 radical (unpaired) electrons. The van der Waals surface area contributed by atoms with E-state index in [2.05, 4.69) is 154 Å². The van der Waals surface area contributed by atoms with Crippen molar-refractivity contribution in [2.75, 3.05) is 0 Å². The molecule has 2 heterocycles. The molecule has 0 bridgehead atoms. The topological polar surface area (TPSA) is 38.7 Å². The number of allylic oxidation sites excluding steroid dienone is 13. The number of hydrogen-bond acceptors (Lipinski definition) is 3. The van der Waals surface area contributed by atoms with Crippen LogP contribution in [0.15, 0.2) is 212 Å². The second-order valence-corrected chi connectivity index (χ2v) is 14.6. The Hall–Kier alpha value is -6.97. The molecule has 6 aromatic rings. The van der Waals surface area contributed by atoms with Crippen LogP contribution in [0.4, 0.5) is 0 Å². The van der Waals surface area contributed by atoms with Crippen molar-refractivity contribution >= 4 is 11.1 Å². The Kier molecular flexibility index (Phi) is 18.7. The maximum absolute atomic E-state index is 5.07. The fraction of sp³-hybridized carbons (Fsp3) is 0.169. The van der Waals surface area contributed by atoms with Gasteiger partial charge < -0.3 is 0 Å². The molecule has 3 heteroatoms. The predicted octanol–water partition coefficient (Wildman–Crippen LogP) is 16.7. The number of nitrogens with zero attached hydrogens (tertiary/aromatic N) is 3. The predicted molar refractivity (Wildman–Crippen MR) is 272 cm³/mol. The zero-order chi connectivity index (χ0) is 45.0. The highest BCUT2D eigenvalue weighted by molar-refractivity contribution is 5.78. The third-order valence-electron chi connectivity index (χ3n) is 10.3. The lowest BCUT2D eigenvalue weighted by atomic mass is 9.95. The highest BCUT2D eigenvalue weighted by Crippen LogP contribution is 2.34. The van der Waals surface area contributed by atoms with Crippen molar-refractivity contribution in [2.45, 2.75) is 68.7 Å². The van der Waals surface area contributed by atoms with Crippen molar-refractivity contribution in [2.24, 2.45) is 0 Å². The van der Waals surface area contributed by atoms with Crippen LogP contribution >= 0.6 is 0 Å². The summed E-state index contributed by atoms with van der Waals surface area (Å²) >= 11 is 0. The molecule has 0 aliphatic rings. The van der Waals surface area contributed by atoms with Crippen molar-refractivity contribution in [3.63, 3.8) is 0 Å². The molecule has 0 spiro atoms. The summed E-state index contributed by atoms with van der Waals surface area (Å²) in [6, 6.07) is 41.5. The van der Waals surface area contributed by atoms with Crippen LogP contribution in [0.25, 0.3) is 56.2 Å². The maximum atomic E-state index is 5.07. The number of rotatable bonds is 13. The van der Waals surface area contributed by atoms with Crippen molar-refractivity contribution in [3.8, 4) is 45.0 Å². The van der Waals surface area contributed by atoms with E-state index in [0.29, 0.717) is 0 Å². The normalized spacial score (nSPS) is 11.7. The maximum Gasteiger partial charge on any atom is 0.160 e. The Bertz CT molecular complexity index is 2580. The molecule has 0 fully saturated rings. The molecule has 0 amide bonds. The van der Waals surface area contributed by atoms with Gasteiger partial charge in [-0.05, 0) is 105 Å². The van der Waals surface area contributed by atoms with Crippen LogP contribution in [0.2, 0.25) is 0 Å². The van der Waals surface area contributed by atoms with Gasteiger partial charge in [-0.3, -0.25) is 4.98 Å². The van der Waals surface area contributed by atoms with E-state index in [4.69, 9.17) is 9.97 Å². The lowest BCUT2D eigenvalue weighted by molar-refractivity contribution is 1.06. The minimum Gasteiger partial charge on any atom is -0.256 e. The molecule has 0 aliphatic heterocycles. The summed E-state index contributed by atoms with van der Waals surface area (Å²) in [5, 5.41) is 0. The molecule has 0 N–H and O–H groups in total. The van der Waals surface area contributed by atoms with E-state index in [1.54, 1.807) is 0 Å². The van der Waals surface area contributed by atoms with Gasteiger partial charge in [0.05, 0.1) is 17.1 Å². The zero-order valence-corrected chi connectivity index (χ0v) is 38.3. The Morgan fingerprint density at radius 2 is 1.16 bits per heavy atom. The highest BCUT2D eigenvalue weighted by Gasteiger charge is 2.18. The molecular weight excluding hydrogens is 751 g/mol. The van der Waals surface area contributed by atoms with Gasteiger partial charge in [-0.2, -0.15) is 0 Å². The van der Waals surface area contributed by atoms with Crippen molar-refractivity contribution in [1.82, 2.24) is 15.0 Å². The van der Waals surface area contributed by atoms with Gasteiger partial charge >= 0.3 is 0 Å². The fourth-order valence-electron chi connectivity index (χ4n) is 6.78. The van der Waals surface area contributed by atoms with E-state index in [0.717, 1.165) is 85.0 Å². The van der Waals surface area contributed by atoms with E-state index in [-0.39, 0.29) is 0 Å². The molecule has 0 unspecified atom stereocenters. The molecule has 4 aromatic carbocycles. The first-order valence-electron chi connectivity index (χ1n) is 21.6. The van der Waals surface area contributed by atoms with Crippen LogP contribution in [0.1, 0.15) is 77.8 Å². The first kappa shape index (κ1) is 47.7. The number of hydrogen-bond donors (Lipinski definition) is 0. The number of benzene rings is 4. The summed E-state index contributed by atoms with van der Waals surface area (Å²) in [5.41, 5.74) is 18.3. The van der Waals surface area contributed by atoms with Crippen molar-refractivity contribution in [3.05, 3.63) is 234 Å². The summed E-state index contributed by atoms with van der Waals surface area (Å²) in [5.74, 6) is 0.748. The van der Waals surface area contributed by atoms with Gasteiger partial charge in [0.15, 0.2) is 5.82 Å². The highest BCUT2D eigenvalue weighted by atomic mass is 14.9. The quantitative estimate of drug-likeness (QED) is 0.109. The van der Waals surface area contributed by atoms with Crippen LogP contribution in [-0.4, -0.2) is 15.0 Å². The van der Waals surface area contributed by atoms with Gasteiger partial charge in [0.1, 0.15) is 0 Å². The minimum absolute atomic E-state index is 0.748. The Balaban J connectivity index is 0.000000262. The van der Waals surface area contributed by atoms with Gasteiger partial charge in [-0.25, -0.2) is 9.97 Å². The molecule has 0 atom stereocenters. The van der Waals surface area contributed by atoms with E-state index in [9.17, 15) is 0 Å². The average molecular weight is 814 g/mol. The molecule has 2 aromatic heterocycles. The van der Waals surface area contributed by atoms with Crippen LogP contribution in [0.3, 0.4) is 0 Å². The van der Waals surface area contributed by atoms with E-state index in [1.165, 1.54) is 22.3 Å². The van der Waals surface area contributed by atoms with Crippen LogP contribution in [0, 0.1) is 6.92 Å². The number of aromatic nitrogens is 3. The largest absolute Gasteiger partial charge is 0.256 e. The molecule has 0 saturated heterocycles. The first-order chi connectivity index (χ1) is 30.1. The molecule has 62 heavy (non-hydrogen) atoms. The minimum atomic E-state index is 0.748. The Morgan fingerprint density at radius 1 is 0.597 bits per heavy atom. The van der Waals surface area contributed by atoms with Gasteiger partial charge in [-0.15, -0.1) is 0 Å². The van der Waals surface area contributed by atoms with Crippen molar-refractivity contribution < 1.29 is 0 Å². The average Bonchev–Trinajstić information content (AvgIpc) is 3.32. The summed E-state index contributed by atoms with van der Waals surface area (Å²) in [7, 11) is 0. The van der Waals surface area contributed by atoms with Gasteiger partial charge in [0.25, 0.3) is 0 Å². The first-order valence-corrected chi connectivity index (χ1v) is 21.6. The molecule has 314 valence electrons. The molecule has 6 rings (SSSR count). The Labute approximate surface area is 372 Å². The van der Waals surface area contributed by atoms with E-state index < -0.39 is 0 Å². The van der Waals surface area contributed by atoms with E-state index >= 15 is 0 Å². The van der Waals surface area contributed by atoms with Crippen LogP contribution < -0.4 is 0 Å². The van der Waals surface area contributed by atoms with Gasteiger partial charge in [0.2, 0.25) is 0 Å². The SMILES string of the molecule is C=C(C)c1ccc(-c2nc(-c3ccccc3)c(CC)c(-c3ccccc3C)n2)cc1.C=C(\C=C/C(=C\C)C(/C=C\C)=C/C)/C(C)=C/C(=C)c1ccc(-c2ccccc2)cn1.CC. The van der Waals surface area contributed by atoms with E-state index in [1.807, 2.05) is 103 Å². The Morgan fingerprint density at radius 3 is 1.71 bits per heavy atom. The van der Waals surface area contributed by atoms with Gasteiger partial charge in [0, 0.05) is 34.0 Å². The molecule has 0 saturated carbocycles. The molecular formula is C59H63N3. The lowest BCUT2D eigenvalue weighted by Gasteiger charge is -2.16. The molecule has 0 aliphatic carbocycles. The second-order valence-electron chi connectivity index (χ2n) is 14.6. The summed E-state index contributed by atoms with van der Waals surface area (Å²) < 4.78 is 0. The third kappa shape index (κ3) is 12.8. The van der Waals surface area contributed by atoms with Crippen LogP contribution in [-0.2, 0) is 6.42 Å². The number of pyridine rings is 1.